The fourth-order valence-electron chi connectivity index (χ4n) is 4.72. The zero-order chi connectivity index (χ0) is 26.2. The summed E-state index contributed by atoms with van der Waals surface area (Å²) in [4.78, 5) is 18.1. The number of nitrogens with zero attached hydrogens (tertiary/aromatic N) is 3. The maximum Gasteiger partial charge on any atom is 0.261 e. The molecule has 1 atom stereocenters. The van der Waals surface area contributed by atoms with Gasteiger partial charge in [0.15, 0.2) is 0 Å². The average molecular weight is 532 g/mol. The van der Waals surface area contributed by atoms with Crippen LogP contribution in [-0.4, -0.2) is 28.8 Å². The second-order valence-corrected chi connectivity index (χ2v) is 11.3. The van der Waals surface area contributed by atoms with Gasteiger partial charge in [-0.25, -0.2) is 13.4 Å². The maximum absolute atomic E-state index is 14.3. The number of rotatable bonds is 7. The quantitative estimate of drug-likeness (QED) is 0.269. The predicted molar refractivity (Wildman–Crippen MR) is 148 cm³/mol. The summed E-state index contributed by atoms with van der Waals surface area (Å²) >= 11 is 6.18. The van der Waals surface area contributed by atoms with Gasteiger partial charge in [-0.2, -0.15) is 4.31 Å². The molecule has 0 saturated carbocycles. The molecule has 188 valence electrons. The van der Waals surface area contributed by atoms with Crippen molar-refractivity contribution in [1.82, 2.24) is 13.9 Å². The highest BCUT2D eigenvalue weighted by Gasteiger charge is 2.33. The molecule has 0 aliphatic carbocycles. The molecule has 4 aromatic carbocycles. The zero-order valence-electron chi connectivity index (χ0n) is 20.5. The van der Waals surface area contributed by atoms with Crippen LogP contribution in [0.1, 0.15) is 24.4 Å². The van der Waals surface area contributed by atoms with Crippen molar-refractivity contribution >= 4 is 43.3 Å². The minimum absolute atomic E-state index is 0.209. The Morgan fingerprint density at radius 1 is 0.919 bits per heavy atom. The first-order valence-corrected chi connectivity index (χ1v) is 13.8. The fraction of sp³-hybridized carbons (Fsp3) is 0.172. The molecule has 0 fully saturated rings. The Morgan fingerprint density at radius 2 is 1.62 bits per heavy atom. The van der Waals surface area contributed by atoms with Gasteiger partial charge < -0.3 is 0 Å². The summed E-state index contributed by atoms with van der Waals surface area (Å²) in [7, 11) is -2.36. The van der Waals surface area contributed by atoms with Gasteiger partial charge in [0, 0.05) is 24.0 Å². The molecule has 5 aromatic rings. The van der Waals surface area contributed by atoms with E-state index in [1.807, 2.05) is 60.7 Å². The van der Waals surface area contributed by atoms with Gasteiger partial charge in [-0.05, 0) is 48.6 Å². The van der Waals surface area contributed by atoms with Crippen LogP contribution in [0.5, 0.6) is 0 Å². The van der Waals surface area contributed by atoms with Gasteiger partial charge in [-0.1, -0.05) is 78.3 Å². The third kappa shape index (κ3) is 4.78. The van der Waals surface area contributed by atoms with Crippen LogP contribution in [0, 0.1) is 0 Å². The molecule has 1 aromatic heterocycles. The fourth-order valence-corrected chi connectivity index (χ4v) is 6.69. The van der Waals surface area contributed by atoms with Crippen LogP contribution >= 0.6 is 11.6 Å². The van der Waals surface area contributed by atoms with Crippen LogP contribution in [0.15, 0.2) is 101 Å². The summed E-state index contributed by atoms with van der Waals surface area (Å²) in [6, 6.07) is 26.6. The highest BCUT2D eigenvalue weighted by molar-refractivity contribution is 7.89. The van der Waals surface area contributed by atoms with Crippen LogP contribution in [-0.2, 0) is 23.5 Å². The number of hydrogen-bond donors (Lipinski definition) is 0. The van der Waals surface area contributed by atoms with Crippen molar-refractivity contribution in [1.29, 1.82) is 0 Å². The van der Waals surface area contributed by atoms with Crippen LogP contribution in [0.25, 0.3) is 21.7 Å². The first-order valence-electron chi connectivity index (χ1n) is 12.0. The Morgan fingerprint density at radius 3 is 2.41 bits per heavy atom. The van der Waals surface area contributed by atoms with E-state index in [-0.39, 0.29) is 17.0 Å². The molecule has 0 radical (unpaired) electrons. The van der Waals surface area contributed by atoms with Gasteiger partial charge in [0.25, 0.3) is 5.56 Å². The molecule has 0 saturated heterocycles. The third-order valence-electron chi connectivity index (χ3n) is 6.68. The molecule has 0 aliphatic rings. The van der Waals surface area contributed by atoms with Crippen molar-refractivity contribution < 1.29 is 8.42 Å². The summed E-state index contributed by atoms with van der Waals surface area (Å²) in [6.45, 7) is 1.98. The number of halogens is 1. The van der Waals surface area contributed by atoms with E-state index in [4.69, 9.17) is 16.6 Å². The smallest absolute Gasteiger partial charge is 0.261 e. The van der Waals surface area contributed by atoms with Crippen LogP contribution < -0.4 is 5.56 Å². The molecule has 0 bridgehead atoms. The van der Waals surface area contributed by atoms with Crippen LogP contribution in [0.3, 0.4) is 0 Å². The van der Waals surface area contributed by atoms with Crippen molar-refractivity contribution in [3.8, 4) is 0 Å². The van der Waals surface area contributed by atoms with Gasteiger partial charge in [-0.15, -0.1) is 0 Å². The molecule has 37 heavy (non-hydrogen) atoms. The van der Waals surface area contributed by atoms with Crippen molar-refractivity contribution in [2.24, 2.45) is 7.05 Å². The Labute approximate surface area is 220 Å². The first-order chi connectivity index (χ1) is 17.8. The van der Waals surface area contributed by atoms with Gasteiger partial charge in [0.1, 0.15) is 5.82 Å². The Balaban J connectivity index is 1.66. The Bertz CT molecular complexity index is 1760. The van der Waals surface area contributed by atoms with Crippen LogP contribution in [0.2, 0.25) is 5.02 Å². The summed E-state index contributed by atoms with van der Waals surface area (Å²) in [5.74, 6) is 0.344. The minimum atomic E-state index is -3.98. The monoisotopic (exact) mass is 531 g/mol. The number of fused-ring (bicyclic) bond motifs is 2. The van der Waals surface area contributed by atoms with E-state index in [9.17, 15) is 13.2 Å². The Kier molecular flexibility index (Phi) is 6.86. The molecule has 1 heterocycles. The highest BCUT2D eigenvalue weighted by atomic mass is 35.5. The topological polar surface area (TPSA) is 72.3 Å². The average Bonchev–Trinajstić information content (AvgIpc) is 2.90. The van der Waals surface area contributed by atoms with E-state index >= 15 is 0 Å². The SMILES string of the molecule is CC(c1nc2cc(Cl)ccc2c(=O)n1C)N(CCc1ccccc1)S(=O)(=O)c1cccc2ccccc12. The van der Waals surface area contributed by atoms with E-state index in [0.29, 0.717) is 33.6 Å². The largest absolute Gasteiger partial charge is 0.298 e. The molecule has 1 unspecified atom stereocenters. The number of aromatic nitrogens is 2. The van der Waals surface area contributed by atoms with Crippen molar-refractivity contribution in [2.45, 2.75) is 24.3 Å². The summed E-state index contributed by atoms with van der Waals surface area (Å²) in [6.07, 6.45) is 0.503. The lowest BCUT2D eigenvalue weighted by Crippen LogP contribution is -2.38. The van der Waals surface area contributed by atoms with E-state index < -0.39 is 16.1 Å². The van der Waals surface area contributed by atoms with Gasteiger partial charge in [0.05, 0.1) is 21.8 Å². The lowest BCUT2D eigenvalue weighted by atomic mass is 10.1. The minimum Gasteiger partial charge on any atom is -0.298 e. The Hall–Kier alpha value is -3.52. The van der Waals surface area contributed by atoms with Crippen molar-refractivity contribution in [3.63, 3.8) is 0 Å². The second-order valence-electron chi connectivity index (χ2n) is 9.00. The zero-order valence-corrected chi connectivity index (χ0v) is 22.1. The molecule has 8 heteroatoms. The lowest BCUT2D eigenvalue weighted by Gasteiger charge is -2.29. The lowest BCUT2D eigenvalue weighted by molar-refractivity contribution is 0.327. The van der Waals surface area contributed by atoms with Crippen molar-refractivity contribution in [2.75, 3.05) is 6.54 Å². The molecule has 0 amide bonds. The number of sulfonamides is 1. The molecule has 6 nitrogen and oxygen atoms in total. The predicted octanol–water partition coefficient (Wildman–Crippen LogP) is 5.73. The van der Waals surface area contributed by atoms with Gasteiger partial charge in [-0.3, -0.25) is 9.36 Å². The molecule has 0 aliphatic heterocycles. The maximum atomic E-state index is 14.3. The molecule has 0 N–H and O–H groups in total. The molecular weight excluding hydrogens is 506 g/mol. The van der Waals surface area contributed by atoms with Crippen LogP contribution in [0.4, 0.5) is 0 Å². The second kappa shape index (κ2) is 10.1. The van der Waals surface area contributed by atoms with E-state index in [2.05, 4.69) is 0 Å². The van der Waals surface area contributed by atoms with Gasteiger partial charge >= 0.3 is 0 Å². The van der Waals surface area contributed by atoms with E-state index in [0.717, 1.165) is 10.9 Å². The van der Waals surface area contributed by atoms with Crippen molar-refractivity contribution in [3.05, 3.63) is 118 Å². The molecule has 5 rings (SSSR count). The summed E-state index contributed by atoms with van der Waals surface area (Å²) in [5.41, 5.74) is 1.19. The standard InChI is InChI=1S/C29H26ClN3O3S/c1-20(28-31-26-19-23(30)15-16-25(26)29(34)32(28)2)33(18-17-21-9-4-3-5-10-21)37(35,36)27-14-8-12-22-11-6-7-13-24(22)27/h3-16,19-20H,17-18H2,1-2H3. The number of benzene rings is 4. The van der Waals surface area contributed by atoms with Gasteiger partial charge in [0.2, 0.25) is 10.0 Å². The van der Waals surface area contributed by atoms with E-state index in [1.165, 1.54) is 8.87 Å². The highest BCUT2D eigenvalue weighted by Crippen LogP contribution is 2.31. The summed E-state index contributed by atoms with van der Waals surface area (Å²) < 4.78 is 31.4. The number of hydrogen-bond acceptors (Lipinski definition) is 4. The molecule has 0 spiro atoms. The third-order valence-corrected chi connectivity index (χ3v) is 8.94. The summed E-state index contributed by atoms with van der Waals surface area (Å²) in [5, 5.41) is 2.37. The van der Waals surface area contributed by atoms with E-state index in [1.54, 1.807) is 44.3 Å². The first kappa shape index (κ1) is 25.1. The normalized spacial score (nSPS) is 12.9. The molecular formula is C29H26ClN3O3S.